The molecule has 1 aliphatic rings. The Morgan fingerprint density at radius 1 is 0.912 bits per heavy atom. The number of amides is 3. The summed E-state index contributed by atoms with van der Waals surface area (Å²) in [5.41, 5.74) is 5.01. The minimum Gasteiger partial charge on any atom is -0.350 e. The molecule has 172 valence electrons. The molecule has 0 saturated heterocycles. The molecule has 1 atom stereocenters. The number of imidazole rings is 1. The molecule has 1 unspecified atom stereocenters. The number of urea groups is 1. The lowest BCUT2D eigenvalue weighted by molar-refractivity contribution is -0.123. The summed E-state index contributed by atoms with van der Waals surface area (Å²) in [7, 11) is 0. The van der Waals surface area contributed by atoms with Gasteiger partial charge in [0.25, 0.3) is 0 Å². The quantitative estimate of drug-likeness (QED) is 0.466. The van der Waals surface area contributed by atoms with E-state index in [9.17, 15) is 9.59 Å². The van der Waals surface area contributed by atoms with Crippen molar-refractivity contribution in [3.63, 3.8) is 0 Å². The number of carbonyl (C=O) groups excluding carboxylic acids is 2. The molecule has 0 aliphatic carbocycles. The summed E-state index contributed by atoms with van der Waals surface area (Å²) in [6.45, 7) is 3.62. The van der Waals surface area contributed by atoms with Crippen molar-refractivity contribution in [2.24, 2.45) is 0 Å². The van der Waals surface area contributed by atoms with Crippen molar-refractivity contribution < 1.29 is 9.59 Å². The first-order valence-electron chi connectivity index (χ1n) is 11.5. The number of hydrogen-bond acceptors (Lipinski definition) is 3. The van der Waals surface area contributed by atoms with E-state index in [0.717, 1.165) is 22.2 Å². The third-order valence-corrected chi connectivity index (χ3v) is 6.15. The smallest absolute Gasteiger partial charge is 0.324 e. The van der Waals surface area contributed by atoms with E-state index >= 15 is 0 Å². The van der Waals surface area contributed by atoms with Crippen LogP contribution in [-0.2, 0) is 24.3 Å². The molecule has 1 aromatic heterocycles. The van der Waals surface area contributed by atoms with Gasteiger partial charge in [-0.25, -0.2) is 9.78 Å². The van der Waals surface area contributed by atoms with Crippen LogP contribution in [0, 0.1) is 6.92 Å². The van der Waals surface area contributed by atoms with E-state index in [1.54, 1.807) is 4.90 Å². The lowest BCUT2D eigenvalue weighted by atomic mass is 10.1. The topological polar surface area (TPSA) is 79.3 Å². The van der Waals surface area contributed by atoms with Crippen molar-refractivity contribution in [2.45, 2.75) is 32.5 Å². The van der Waals surface area contributed by atoms with E-state index < -0.39 is 6.04 Å². The molecular weight excluding hydrogens is 426 g/mol. The second kappa shape index (κ2) is 9.39. The Kier molecular flexibility index (Phi) is 5.99. The molecular formula is C27H27N5O2. The van der Waals surface area contributed by atoms with Gasteiger partial charge >= 0.3 is 6.03 Å². The van der Waals surface area contributed by atoms with Gasteiger partial charge in [-0.05, 0) is 30.2 Å². The highest BCUT2D eigenvalue weighted by Gasteiger charge is 2.31. The fourth-order valence-corrected chi connectivity index (χ4v) is 4.29. The molecule has 3 amide bonds. The van der Waals surface area contributed by atoms with Crippen molar-refractivity contribution in [1.82, 2.24) is 20.2 Å². The summed E-state index contributed by atoms with van der Waals surface area (Å²) in [4.78, 5) is 32.7. The minimum absolute atomic E-state index is 0.217. The van der Waals surface area contributed by atoms with Gasteiger partial charge < -0.3 is 15.2 Å². The Morgan fingerprint density at radius 2 is 1.65 bits per heavy atom. The number of rotatable bonds is 6. The van der Waals surface area contributed by atoms with Gasteiger partial charge in [-0.2, -0.15) is 0 Å². The van der Waals surface area contributed by atoms with Crippen molar-refractivity contribution in [3.05, 3.63) is 95.6 Å². The maximum atomic E-state index is 13.3. The van der Waals surface area contributed by atoms with Crippen molar-refractivity contribution in [3.8, 4) is 0 Å². The van der Waals surface area contributed by atoms with Crippen LogP contribution in [0.4, 0.5) is 10.7 Å². The number of aromatic nitrogens is 2. The Labute approximate surface area is 198 Å². The van der Waals surface area contributed by atoms with Gasteiger partial charge in [-0.15, -0.1) is 0 Å². The summed E-state index contributed by atoms with van der Waals surface area (Å²) >= 11 is 0. The molecule has 2 N–H and O–H groups in total. The maximum absolute atomic E-state index is 13.3. The normalized spacial score (nSPS) is 13.5. The van der Waals surface area contributed by atoms with Gasteiger partial charge in [-0.3, -0.25) is 9.69 Å². The van der Waals surface area contributed by atoms with Gasteiger partial charge in [-0.1, -0.05) is 72.3 Å². The van der Waals surface area contributed by atoms with Gasteiger partial charge in [0, 0.05) is 26.1 Å². The Hall–Kier alpha value is -4.13. The van der Waals surface area contributed by atoms with Crippen LogP contribution in [0.1, 0.15) is 16.7 Å². The fraction of sp³-hybridized carbons (Fsp3) is 0.222. The standard InChI is InChI=1S/C27H27N5O2/c1-19-11-13-21(14-12-19)18-28-25(33)23(17-20-7-3-2-4-8-20)30-27(34)32-16-15-31-24-10-6-5-9-22(24)29-26(31)32/h2-14,23H,15-18H2,1H3,(H,28,33)(H,30,34). The number of para-hydroxylation sites is 2. The van der Waals surface area contributed by atoms with Crippen LogP contribution in [0.5, 0.6) is 0 Å². The minimum atomic E-state index is -0.709. The molecule has 4 aromatic rings. The Bertz CT molecular complexity index is 1310. The van der Waals surface area contributed by atoms with Crippen LogP contribution in [0.25, 0.3) is 11.0 Å². The number of nitrogens with one attached hydrogen (secondary N) is 2. The van der Waals surface area contributed by atoms with E-state index in [0.29, 0.717) is 32.0 Å². The number of fused-ring (bicyclic) bond motifs is 3. The number of hydrogen-bond donors (Lipinski definition) is 2. The number of anilines is 1. The second-order valence-corrected chi connectivity index (χ2v) is 8.60. The molecule has 3 aromatic carbocycles. The summed E-state index contributed by atoms with van der Waals surface area (Å²) in [6, 6.07) is 24.6. The van der Waals surface area contributed by atoms with Gasteiger partial charge in [0.15, 0.2) is 0 Å². The van der Waals surface area contributed by atoms with Crippen molar-refractivity contribution in [1.29, 1.82) is 0 Å². The first-order chi connectivity index (χ1) is 16.6. The molecule has 7 heteroatoms. The molecule has 1 aliphatic heterocycles. The van der Waals surface area contributed by atoms with Crippen LogP contribution in [0.2, 0.25) is 0 Å². The molecule has 0 spiro atoms. The average molecular weight is 454 g/mol. The Morgan fingerprint density at radius 3 is 2.44 bits per heavy atom. The number of benzene rings is 3. The van der Waals surface area contributed by atoms with Crippen LogP contribution in [-0.4, -0.2) is 34.1 Å². The first-order valence-corrected chi connectivity index (χ1v) is 11.5. The van der Waals surface area contributed by atoms with Gasteiger partial charge in [0.2, 0.25) is 11.9 Å². The highest BCUT2D eigenvalue weighted by molar-refractivity contribution is 5.96. The van der Waals surface area contributed by atoms with E-state index in [-0.39, 0.29) is 11.9 Å². The molecule has 0 bridgehead atoms. The van der Waals surface area contributed by atoms with Crippen molar-refractivity contribution >= 4 is 28.9 Å². The molecule has 2 heterocycles. The summed E-state index contributed by atoms with van der Waals surface area (Å²) in [5.74, 6) is 0.391. The summed E-state index contributed by atoms with van der Waals surface area (Å²) in [6.07, 6.45) is 0.399. The van der Waals surface area contributed by atoms with Gasteiger partial charge in [0.05, 0.1) is 11.0 Å². The molecule has 0 radical (unpaired) electrons. The molecule has 0 fully saturated rings. The van der Waals surface area contributed by atoms with Crippen LogP contribution in [0.15, 0.2) is 78.9 Å². The fourth-order valence-electron chi connectivity index (χ4n) is 4.29. The largest absolute Gasteiger partial charge is 0.350 e. The zero-order chi connectivity index (χ0) is 23.5. The zero-order valence-corrected chi connectivity index (χ0v) is 19.1. The van der Waals surface area contributed by atoms with Crippen LogP contribution in [0.3, 0.4) is 0 Å². The highest BCUT2D eigenvalue weighted by atomic mass is 16.2. The molecule has 7 nitrogen and oxygen atoms in total. The predicted octanol–water partition coefficient (Wildman–Crippen LogP) is 3.80. The summed E-state index contributed by atoms with van der Waals surface area (Å²) in [5, 5.41) is 5.94. The van der Waals surface area contributed by atoms with E-state index in [4.69, 9.17) is 0 Å². The van der Waals surface area contributed by atoms with Crippen molar-refractivity contribution in [2.75, 3.05) is 11.4 Å². The highest BCUT2D eigenvalue weighted by Crippen LogP contribution is 2.27. The lowest BCUT2D eigenvalue weighted by Crippen LogP contribution is -2.52. The average Bonchev–Trinajstić information content (AvgIpc) is 3.43. The third kappa shape index (κ3) is 4.50. The second-order valence-electron chi connectivity index (χ2n) is 8.60. The SMILES string of the molecule is Cc1ccc(CNC(=O)C(Cc2ccccc2)NC(=O)N2CCn3c2nc2ccccc23)cc1. The summed E-state index contributed by atoms with van der Waals surface area (Å²) < 4.78 is 2.04. The van der Waals surface area contributed by atoms with Crippen LogP contribution < -0.4 is 15.5 Å². The lowest BCUT2D eigenvalue weighted by Gasteiger charge is -2.22. The Balaban J connectivity index is 1.32. The zero-order valence-electron chi connectivity index (χ0n) is 19.1. The van der Waals surface area contributed by atoms with E-state index in [1.807, 2.05) is 90.4 Å². The monoisotopic (exact) mass is 453 g/mol. The molecule has 0 saturated carbocycles. The first kappa shape index (κ1) is 21.7. The number of nitrogens with zero attached hydrogens (tertiary/aromatic N) is 3. The van der Waals surface area contributed by atoms with E-state index in [2.05, 4.69) is 15.6 Å². The predicted molar refractivity (Wildman–Crippen MR) is 133 cm³/mol. The van der Waals surface area contributed by atoms with E-state index in [1.165, 1.54) is 5.56 Å². The maximum Gasteiger partial charge on any atom is 0.324 e. The third-order valence-electron chi connectivity index (χ3n) is 6.15. The molecule has 5 rings (SSSR count). The van der Waals surface area contributed by atoms with Crippen LogP contribution >= 0.6 is 0 Å². The molecule has 34 heavy (non-hydrogen) atoms. The number of carbonyl (C=O) groups is 2. The number of aryl methyl sites for hydroxylation is 1. The van der Waals surface area contributed by atoms with Gasteiger partial charge in [0.1, 0.15) is 6.04 Å².